The number of methoxy groups -OCH3 is 1. The van der Waals surface area contributed by atoms with Crippen molar-refractivity contribution in [2.75, 3.05) is 7.11 Å². The van der Waals surface area contributed by atoms with Crippen molar-refractivity contribution in [1.29, 1.82) is 0 Å². The van der Waals surface area contributed by atoms with Crippen LogP contribution in [0.1, 0.15) is 43.1 Å². The second kappa shape index (κ2) is 4.92. The SMILES string of the molecule is COc1ccc(C)cc1-n1ccc2c1CC(C)(C)CC2N. The molecule has 1 heterocycles. The summed E-state index contributed by atoms with van der Waals surface area (Å²) < 4.78 is 7.79. The van der Waals surface area contributed by atoms with Gasteiger partial charge in [0.25, 0.3) is 0 Å². The van der Waals surface area contributed by atoms with Gasteiger partial charge in [0.15, 0.2) is 0 Å². The minimum Gasteiger partial charge on any atom is -0.495 e. The van der Waals surface area contributed by atoms with Crippen LogP contribution in [0.3, 0.4) is 0 Å². The van der Waals surface area contributed by atoms with Gasteiger partial charge in [0.1, 0.15) is 5.75 Å². The highest BCUT2D eigenvalue weighted by molar-refractivity contribution is 5.52. The number of fused-ring (bicyclic) bond motifs is 1. The molecule has 3 nitrogen and oxygen atoms in total. The maximum absolute atomic E-state index is 6.37. The molecule has 1 aromatic heterocycles. The van der Waals surface area contributed by atoms with Gasteiger partial charge in [0, 0.05) is 17.9 Å². The molecule has 1 unspecified atom stereocenters. The van der Waals surface area contributed by atoms with Gasteiger partial charge in [0.2, 0.25) is 0 Å². The van der Waals surface area contributed by atoms with Crippen LogP contribution in [0.4, 0.5) is 0 Å². The molecular weight excluding hydrogens is 260 g/mol. The van der Waals surface area contributed by atoms with Crippen molar-refractivity contribution in [1.82, 2.24) is 4.57 Å². The van der Waals surface area contributed by atoms with E-state index in [4.69, 9.17) is 10.5 Å². The number of aromatic nitrogens is 1. The molecule has 112 valence electrons. The highest BCUT2D eigenvalue weighted by Crippen LogP contribution is 2.41. The lowest BCUT2D eigenvalue weighted by Crippen LogP contribution is -2.30. The molecule has 0 aliphatic heterocycles. The Morgan fingerprint density at radius 3 is 2.76 bits per heavy atom. The Bertz CT molecular complexity index is 670. The minimum absolute atomic E-state index is 0.126. The molecule has 1 aliphatic rings. The van der Waals surface area contributed by atoms with Crippen LogP contribution in [0.2, 0.25) is 0 Å². The first-order valence-electron chi connectivity index (χ1n) is 7.52. The normalized spacial score (nSPS) is 20.1. The van der Waals surface area contributed by atoms with Crippen molar-refractivity contribution in [3.05, 3.63) is 47.3 Å². The molecule has 3 rings (SSSR count). The van der Waals surface area contributed by atoms with Crippen LogP contribution < -0.4 is 10.5 Å². The van der Waals surface area contributed by atoms with Gasteiger partial charge in [-0.05, 0) is 54.5 Å². The summed E-state index contributed by atoms with van der Waals surface area (Å²) in [5.41, 5.74) is 11.5. The number of hydrogen-bond acceptors (Lipinski definition) is 2. The second-order valence-corrected chi connectivity index (χ2v) is 6.91. The van der Waals surface area contributed by atoms with E-state index in [2.05, 4.69) is 49.7 Å². The Hall–Kier alpha value is -1.74. The van der Waals surface area contributed by atoms with Crippen molar-refractivity contribution < 1.29 is 4.74 Å². The third-order valence-corrected chi connectivity index (χ3v) is 4.44. The van der Waals surface area contributed by atoms with Gasteiger partial charge in [0.05, 0.1) is 12.8 Å². The molecule has 0 radical (unpaired) electrons. The largest absolute Gasteiger partial charge is 0.495 e. The monoisotopic (exact) mass is 284 g/mol. The van der Waals surface area contributed by atoms with Crippen LogP contribution in [-0.4, -0.2) is 11.7 Å². The van der Waals surface area contributed by atoms with Crippen molar-refractivity contribution in [2.24, 2.45) is 11.1 Å². The average Bonchev–Trinajstić information content (AvgIpc) is 2.80. The third-order valence-electron chi connectivity index (χ3n) is 4.44. The van der Waals surface area contributed by atoms with E-state index in [0.29, 0.717) is 0 Å². The summed E-state index contributed by atoms with van der Waals surface area (Å²) in [5, 5.41) is 0. The van der Waals surface area contributed by atoms with Crippen LogP contribution in [0.15, 0.2) is 30.5 Å². The molecule has 21 heavy (non-hydrogen) atoms. The summed E-state index contributed by atoms with van der Waals surface area (Å²) in [6, 6.07) is 8.57. The van der Waals surface area contributed by atoms with E-state index in [1.165, 1.54) is 16.8 Å². The molecular formula is C18H24N2O. The molecule has 1 aromatic carbocycles. The van der Waals surface area contributed by atoms with Gasteiger partial charge in [-0.15, -0.1) is 0 Å². The Labute approximate surface area is 126 Å². The first kappa shape index (κ1) is 14.2. The average molecular weight is 284 g/mol. The summed E-state index contributed by atoms with van der Waals surface area (Å²) in [6.07, 6.45) is 4.21. The molecule has 3 heteroatoms. The number of rotatable bonds is 2. The van der Waals surface area contributed by atoms with Gasteiger partial charge in [-0.25, -0.2) is 0 Å². The van der Waals surface area contributed by atoms with Crippen molar-refractivity contribution in [3.63, 3.8) is 0 Å². The standard InChI is InChI=1S/C18H24N2O/c1-12-5-6-17(21-4)15(9-12)20-8-7-13-14(19)10-18(2,3)11-16(13)20/h5-9,14H,10-11,19H2,1-4H3. The number of ether oxygens (including phenoxy) is 1. The molecule has 0 fully saturated rings. The first-order valence-corrected chi connectivity index (χ1v) is 7.52. The lowest BCUT2D eigenvalue weighted by atomic mass is 9.74. The molecule has 0 bridgehead atoms. The smallest absolute Gasteiger partial charge is 0.142 e. The fraction of sp³-hybridized carbons (Fsp3) is 0.444. The molecule has 0 saturated carbocycles. The highest BCUT2D eigenvalue weighted by Gasteiger charge is 2.32. The Morgan fingerprint density at radius 1 is 1.29 bits per heavy atom. The molecule has 1 aliphatic carbocycles. The van der Waals surface area contributed by atoms with Gasteiger partial charge in [-0.1, -0.05) is 19.9 Å². The zero-order valence-corrected chi connectivity index (χ0v) is 13.3. The second-order valence-electron chi connectivity index (χ2n) is 6.91. The molecule has 1 atom stereocenters. The lowest BCUT2D eigenvalue weighted by Gasteiger charge is -2.34. The lowest BCUT2D eigenvalue weighted by molar-refractivity contribution is 0.278. The number of hydrogen-bond donors (Lipinski definition) is 1. The molecule has 0 amide bonds. The molecule has 0 spiro atoms. The van der Waals surface area contributed by atoms with Gasteiger partial charge >= 0.3 is 0 Å². The van der Waals surface area contributed by atoms with Crippen LogP contribution in [0, 0.1) is 12.3 Å². The number of aryl methyl sites for hydroxylation is 1. The van der Waals surface area contributed by atoms with Crippen molar-refractivity contribution in [2.45, 2.75) is 39.7 Å². The van der Waals surface area contributed by atoms with E-state index < -0.39 is 0 Å². The Kier molecular flexibility index (Phi) is 3.33. The summed E-state index contributed by atoms with van der Waals surface area (Å²) in [7, 11) is 1.72. The van der Waals surface area contributed by atoms with E-state index in [1.807, 2.05) is 6.07 Å². The van der Waals surface area contributed by atoms with Crippen LogP contribution in [0.5, 0.6) is 5.75 Å². The summed E-state index contributed by atoms with van der Waals surface area (Å²) in [5.74, 6) is 0.899. The van der Waals surface area contributed by atoms with Gasteiger partial charge in [-0.3, -0.25) is 0 Å². The van der Waals surface area contributed by atoms with E-state index in [9.17, 15) is 0 Å². The Balaban J connectivity index is 2.16. The maximum Gasteiger partial charge on any atom is 0.142 e. The number of nitrogens with two attached hydrogens (primary N) is 1. The fourth-order valence-corrected chi connectivity index (χ4v) is 3.45. The minimum atomic E-state index is 0.126. The zero-order chi connectivity index (χ0) is 15.2. The summed E-state index contributed by atoms with van der Waals surface area (Å²) in [4.78, 5) is 0. The van der Waals surface area contributed by atoms with E-state index in [1.54, 1.807) is 7.11 Å². The van der Waals surface area contributed by atoms with Crippen LogP contribution in [0.25, 0.3) is 5.69 Å². The topological polar surface area (TPSA) is 40.2 Å². The molecule has 0 saturated heterocycles. The van der Waals surface area contributed by atoms with E-state index in [0.717, 1.165) is 24.3 Å². The van der Waals surface area contributed by atoms with Crippen molar-refractivity contribution >= 4 is 0 Å². The van der Waals surface area contributed by atoms with Crippen molar-refractivity contribution in [3.8, 4) is 11.4 Å². The highest BCUT2D eigenvalue weighted by atomic mass is 16.5. The predicted molar refractivity (Wildman–Crippen MR) is 86.1 cm³/mol. The predicted octanol–water partition coefficient (Wildman–Crippen LogP) is 3.77. The first-order chi connectivity index (χ1) is 9.91. The third kappa shape index (κ3) is 2.46. The Morgan fingerprint density at radius 2 is 2.05 bits per heavy atom. The quantitative estimate of drug-likeness (QED) is 0.912. The molecule has 2 N–H and O–H groups in total. The summed E-state index contributed by atoms with van der Waals surface area (Å²) >= 11 is 0. The van der Waals surface area contributed by atoms with Gasteiger partial charge in [-0.2, -0.15) is 0 Å². The van der Waals surface area contributed by atoms with Crippen LogP contribution in [-0.2, 0) is 6.42 Å². The maximum atomic E-state index is 6.37. The van der Waals surface area contributed by atoms with Gasteiger partial charge < -0.3 is 15.0 Å². The number of benzene rings is 1. The van der Waals surface area contributed by atoms with E-state index in [-0.39, 0.29) is 11.5 Å². The zero-order valence-electron chi connectivity index (χ0n) is 13.3. The number of nitrogens with zero attached hydrogens (tertiary/aromatic N) is 1. The fourth-order valence-electron chi connectivity index (χ4n) is 3.45. The van der Waals surface area contributed by atoms with Crippen LogP contribution >= 0.6 is 0 Å². The van der Waals surface area contributed by atoms with E-state index >= 15 is 0 Å². The molecule has 2 aromatic rings. The summed E-state index contributed by atoms with van der Waals surface area (Å²) in [6.45, 7) is 6.69.